The second-order valence-electron chi connectivity index (χ2n) is 5.23. The Labute approximate surface area is 114 Å². The first-order chi connectivity index (χ1) is 9.03. The molecule has 0 unspecified atom stereocenters. The summed E-state index contributed by atoms with van der Waals surface area (Å²) in [5, 5.41) is 2.67. The molecule has 0 spiro atoms. The van der Waals surface area contributed by atoms with Crippen LogP contribution in [0.3, 0.4) is 0 Å². The Hall–Kier alpha value is -1.75. The molecule has 5 nitrogen and oxygen atoms in total. The molecule has 1 aromatic carbocycles. The van der Waals surface area contributed by atoms with Gasteiger partial charge in [-0.1, -0.05) is 0 Å². The second-order valence-corrected chi connectivity index (χ2v) is 5.23. The normalized spacial score (nSPS) is 11.1. The highest BCUT2D eigenvalue weighted by atomic mass is 16.5. The van der Waals surface area contributed by atoms with E-state index in [1.54, 1.807) is 0 Å². The Bertz CT molecular complexity index is 377. The van der Waals surface area contributed by atoms with Gasteiger partial charge in [-0.2, -0.15) is 0 Å². The van der Waals surface area contributed by atoms with Gasteiger partial charge in [-0.3, -0.25) is 4.79 Å². The molecule has 0 bridgehead atoms. The number of carbonyl (C=O) groups excluding carboxylic acids is 1. The molecule has 0 aliphatic rings. The molecule has 0 saturated carbocycles. The molecule has 0 saturated heterocycles. The number of benzene rings is 1. The molecule has 0 aliphatic heterocycles. The Balaban J connectivity index is 2.22. The molecular formula is C14H24N3O2+. The van der Waals surface area contributed by atoms with Gasteiger partial charge in [0.05, 0.1) is 20.6 Å². The molecule has 0 aromatic heterocycles. The van der Waals surface area contributed by atoms with E-state index < -0.39 is 0 Å². The zero-order chi connectivity index (χ0) is 14.1. The Morgan fingerprint density at radius 1 is 1.26 bits per heavy atom. The van der Waals surface area contributed by atoms with Crippen molar-refractivity contribution in [3.8, 4) is 5.75 Å². The van der Waals surface area contributed by atoms with E-state index >= 15 is 0 Å². The average Bonchev–Trinajstić information content (AvgIpc) is 2.37. The van der Waals surface area contributed by atoms with Gasteiger partial charge in [-0.15, -0.1) is 0 Å². The number of hydrogen-bond acceptors (Lipinski definition) is 3. The number of nitrogens with two attached hydrogens (primary N) is 1. The van der Waals surface area contributed by atoms with Gasteiger partial charge in [-0.05, 0) is 24.3 Å². The second kappa shape index (κ2) is 7.63. The van der Waals surface area contributed by atoms with E-state index in [9.17, 15) is 4.79 Å². The largest absolute Gasteiger partial charge is 0.488 e. The lowest BCUT2D eigenvalue weighted by Gasteiger charge is -2.29. The number of anilines is 1. The summed E-state index contributed by atoms with van der Waals surface area (Å²) >= 11 is 0. The third-order valence-corrected chi connectivity index (χ3v) is 3.01. The van der Waals surface area contributed by atoms with Crippen LogP contribution < -0.4 is 15.8 Å². The van der Waals surface area contributed by atoms with E-state index in [0.717, 1.165) is 48.4 Å². The van der Waals surface area contributed by atoms with Crippen molar-refractivity contribution in [3.63, 3.8) is 0 Å². The fraction of sp³-hybridized carbons (Fsp3) is 0.500. The van der Waals surface area contributed by atoms with Gasteiger partial charge in [0, 0.05) is 18.7 Å². The lowest BCUT2D eigenvalue weighted by Crippen LogP contribution is -2.44. The highest BCUT2D eigenvalue weighted by Gasteiger charge is 2.14. The molecule has 0 fully saturated rings. The zero-order valence-electron chi connectivity index (χ0n) is 11.8. The van der Waals surface area contributed by atoms with E-state index in [-0.39, 0.29) is 0 Å². The minimum absolute atomic E-state index is 0.665. The number of nitrogens with one attached hydrogen (secondary N) is 1. The summed E-state index contributed by atoms with van der Waals surface area (Å²) in [4.78, 5) is 10.1. The predicted octanol–water partition coefficient (Wildman–Crippen LogP) is 0.860. The van der Waals surface area contributed by atoms with Crippen LogP contribution in [0.1, 0.15) is 6.42 Å². The minimum Gasteiger partial charge on any atom is -0.488 e. The van der Waals surface area contributed by atoms with Crippen LogP contribution in [0.4, 0.5) is 5.69 Å². The molecule has 1 aromatic rings. The van der Waals surface area contributed by atoms with Gasteiger partial charge in [0.25, 0.3) is 0 Å². The number of ether oxygens (including phenoxy) is 1. The third-order valence-electron chi connectivity index (χ3n) is 3.01. The molecule has 5 heteroatoms. The molecule has 0 radical (unpaired) electrons. The van der Waals surface area contributed by atoms with Gasteiger partial charge in [0.15, 0.2) is 0 Å². The maximum Gasteiger partial charge on any atom is 0.207 e. The van der Waals surface area contributed by atoms with Gasteiger partial charge >= 0.3 is 0 Å². The maximum absolute atomic E-state index is 10.1. The number of quaternary nitrogens is 1. The Morgan fingerprint density at radius 3 is 2.58 bits per heavy atom. The molecule has 3 N–H and O–H groups in total. The smallest absolute Gasteiger partial charge is 0.207 e. The molecule has 0 atom stereocenters. The fourth-order valence-corrected chi connectivity index (χ4v) is 1.75. The summed E-state index contributed by atoms with van der Waals surface area (Å²) in [7, 11) is 4.32. The molecule has 19 heavy (non-hydrogen) atoms. The van der Waals surface area contributed by atoms with Gasteiger partial charge < -0.3 is 20.3 Å². The lowest BCUT2D eigenvalue weighted by molar-refractivity contribution is -0.890. The van der Waals surface area contributed by atoms with Crippen LogP contribution in [0, 0.1) is 0 Å². The van der Waals surface area contributed by atoms with Crippen LogP contribution in [0.25, 0.3) is 0 Å². The van der Waals surface area contributed by atoms with E-state index in [4.69, 9.17) is 10.5 Å². The topological polar surface area (TPSA) is 64.3 Å². The molecule has 1 rings (SSSR count). The van der Waals surface area contributed by atoms with Crippen molar-refractivity contribution in [2.24, 2.45) is 0 Å². The third kappa shape index (κ3) is 6.67. The van der Waals surface area contributed by atoms with Gasteiger partial charge in [-0.25, -0.2) is 0 Å². The van der Waals surface area contributed by atoms with Crippen molar-refractivity contribution in [2.45, 2.75) is 6.42 Å². The van der Waals surface area contributed by atoms with E-state index in [1.165, 1.54) is 0 Å². The van der Waals surface area contributed by atoms with E-state index in [1.807, 2.05) is 24.3 Å². The summed E-state index contributed by atoms with van der Waals surface area (Å²) in [5.41, 5.74) is 6.36. The predicted molar refractivity (Wildman–Crippen MR) is 76.9 cm³/mol. The van der Waals surface area contributed by atoms with Crippen molar-refractivity contribution in [3.05, 3.63) is 24.3 Å². The number of nitrogens with zero attached hydrogens (tertiary/aromatic N) is 1. The van der Waals surface area contributed by atoms with E-state index in [0.29, 0.717) is 6.61 Å². The van der Waals surface area contributed by atoms with Crippen LogP contribution in [0.15, 0.2) is 24.3 Å². The van der Waals surface area contributed by atoms with E-state index in [2.05, 4.69) is 19.4 Å². The SMILES string of the molecule is C[N+](C)(CCCNC=O)CCOc1ccc(N)cc1. The standard InChI is InChI=1S/C14H23N3O2/c1-17(2,9-3-8-16-12-18)10-11-19-14-6-4-13(15)5-7-14/h4-7,12H,3,8-11,15H2,1-2H3/p+1. The summed E-state index contributed by atoms with van der Waals surface area (Å²) in [6.07, 6.45) is 1.71. The summed E-state index contributed by atoms with van der Waals surface area (Å²) in [6.45, 7) is 3.32. The molecular weight excluding hydrogens is 242 g/mol. The molecule has 1 amide bonds. The van der Waals surface area contributed by atoms with Crippen LogP contribution >= 0.6 is 0 Å². The summed E-state index contributed by atoms with van der Waals surface area (Å²) < 4.78 is 6.55. The Kier molecular flexibility index (Phi) is 6.15. The zero-order valence-corrected chi connectivity index (χ0v) is 11.8. The number of rotatable bonds is 9. The molecule has 0 aliphatic carbocycles. The minimum atomic E-state index is 0.665. The molecule has 106 valence electrons. The quantitative estimate of drug-likeness (QED) is 0.301. The van der Waals surface area contributed by atoms with Crippen molar-refractivity contribution in [2.75, 3.05) is 46.1 Å². The summed E-state index contributed by atoms with van der Waals surface area (Å²) in [5.74, 6) is 0.844. The lowest BCUT2D eigenvalue weighted by atomic mass is 10.3. The number of nitrogen functional groups attached to an aromatic ring is 1. The first-order valence-corrected chi connectivity index (χ1v) is 6.51. The van der Waals surface area contributed by atoms with Crippen molar-refractivity contribution >= 4 is 12.1 Å². The fourth-order valence-electron chi connectivity index (χ4n) is 1.75. The number of likely N-dealkylation sites (N-methyl/N-ethyl adjacent to an activating group) is 1. The van der Waals surface area contributed by atoms with Crippen LogP contribution in [0.5, 0.6) is 5.75 Å². The first kappa shape index (κ1) is 15.3. The highest BCUT2D eigenvalue weighted by Crippen LogP contribution is 2.13. The van der Waals surface area contributed by atoms with Crippen LogP contribution in [-0.4, -0.2) is 51.2 Å². The van der Waals surface area contributed by atoms with Crippen molar-refractivity contribution in [1.82, 2.24) is 5.32 Å². The monoisotopic (exact) mass is 266 g/mol. The Morgan fingerprint density at radius 2 is 1.95 bits per heavy atom. The molecule has 0 heterocycles. The summed E-state index contributed by atoms with van der Waals surface area (Å²) in [6, 6.07) is 7.42. The number of amides is 1. The average molecular weight is 266 g/mol. The van der Waals surface area contributed by atoms with Crippen molar-refractivity contribution < 1.29 is 14.0 Å². The first-order valence-electron chi connectivity index (χ1n) is 6.51. The maximum atomic E-state index is 10.1. The number of hydrogen-bond donors (Lipinski definition) is 2. The highest BCUT2D eigenvalue weighted by molar-refractivity contribution is 5.45. The van der Waals surface area contributed by atoms with Crippen molar-refractivity contribution in [1.29, 1.82) is 0 Å². The van der Waals surface area contributed by atoms with Crippen LogP contribution in [0.2, 0.25) is 0 Å². The van der Waals surface area contributed by atoms with Crippen LogP contribution in [-0.2, 0) is 4.79 Å². The number of carbonyl (C=O) groups is 1. The van der Waals surface area contributed by atoms with Gasteiger partial charge in [0.2, 0.25) is 6.41 Å². The van der Waals surface area contributed by atoms with Gasteiger partial charge in [0.1, 0.15) is 18.9 Å².